The van der Waals surface area contributed by atoms with Crippen molar-refractivity contribution in [1.82, 2.24) is 19.7 Å². The van der Waals surface area contributed by atoms with Gasteiger partial charge in [-0.3, -0.25) is 9.48 Å². The monoisotopic (exact) mass is 497 g/mol. The van der Waals surface area contributed by atoms with Crippen molar-refractivity contribution in [3.8, 4) is 0 Å². The molecule has 0 bridgehead atoms. The lowest BCUT2D eigenvalue weighted by Crippen LogP contribution is -2.50. The van der Waals surface area contributed by atoms with Crippen LogP contribution >= 0.6 is 11.6 Å². The summed E-state index contributed by atoms with van der Waals surface area (Å²) in [7, 11) is 0. The van der Waals surface area contributed by atoms with E-state index in [0.29, 0.717) is 25.4 Å². The number of furan rings is 1. The highest BCUT2D eigenvalue weighted by atomic mass is 35.5. The molecule has 0 N–H and O–H groups in total. The van der Waals surface area contributed by atoms with E-state index in [2.05, 4.69) is 10.1 Å². The molecular formula is C21H19ClF3N5O4. The van der Waals surface area contributed by atoms with Crippen LogP contribution in [-0.2, 0) is 22.3 Å². The maximum atomic E-state index is 12.8. The molecule has 1 aliphatic rings. The van der Waals surface area contributed by atoms with Gasteiger partial charge in [0.15, 0.2) is 6.61 Å². The minimum absolute atomic E-state index is 0.0252. The first kappa shape index (κ1) is 23.6. The molecule has 9 nitrogen and oxygen atoms in total. The van der Waals surface area contributed by atoms with Crippen LogP contribution in [0.15, 0.2) is 47.3 Å². The van der Waals surface area contributed by atoms with Crippen molar-refractivity contribution in [2.45, 2.75) is 12.7 Å². The molecule has 180 valence electrons. The van der Waals surface area contributed by atoms with Crippen molar-refractivity contribution in [2.24, 2.45) is 0 Å². The lowest BCUT2D eigenvalue weighted by atomic mass is 10.2. The largest absolute Gasteiger partial charge is 0.452 e. The van der Waals surface area contributed by atoms with Crippen molar-refractivity contribution in [3.05, 3.63) is 65.0 Å². The first-order valence-corrected chi connectivity index (χ1v) is 10.6. The summed E-state index contributed by atoms with van der Waals surface area (Å²) in [5.41, 5.74) is -0.929. The van der Waals surface area contributed by atoms with Gasteiger partial charge in [-0.1, -0.05) is 11.6 Å². The Labute approximate surface area is 196 Å². The normalized spacial score (nSPS) is 14.4. The van der Waals surface area contributed by atoms with Gasteiger partial charge in [0, 0.05) is 44.8 Å². The number of piperazine rings is 1. The first-order chi connectivity index (χ1) is 16.2. The van der Waals surface area contributed by atoms with Crippen molar-refractivity contribution < 1.29 is 31.9 Å². The van der Waals surface area contributed by atoms with Gasteiger partial charge in [0.1, 0.15) is 11.6 Å². The summed E-state index contributed by atoms with van der Waals surface area (Å²) in [6.45, 7) is 1.04. The maximum absolute atomic E-state index is 12.8. The maximum Gasteiger partial charge on any atom is 0.417 e. The lowest BCUT2D eigenvalue weighted by Gasteiger charge is -2.35. The Morgan fingerprint density at radius 3 is 2.59 bits per heavy atom. The molecule has 0 unspecified atom stereocenters. The van der Waals surface area contributed by atoms with E-state index < -0.39 is 30.2 Å². The van der Waals surface area contributed by atoms with E-state index in [-0.39, 0.29) is 29.7 Å². The Bertz CT molecular complexity index is 1160. The number of esters is 1. The molecule has 34 heavy (non-hydrogen) atoms. The molecule has 0 aliphatic carbocycles. The zero-order chi connectivity index (χ0) is 24.3. The zero-order valence-electron chi connectivity index (χ0n) is 17.7. The Kier molecular flexibility index (Phi) is 6.77. The second-order valence-corrected chi connectivity index (χ2v) is 7.85. The average molecular weight is 498 g/mol. The molecule has 0 spiro atoms. The highest BCUT2D eigenvalue weighted by Crippen LogP contribution is 2.33. The molecule has 4 heterocycles. The number of ether oxygens (including phenoxy) is 1. The summed E-state index contributed by atoms with van der Waals surface area (Å²) in [4.78, 5) is 31.7. The minimum atomic E-state index is -4.53. The van der Waals surface area contributed by atoms with E-state index in [1.54, 1.807) is 34.1 Å². The molecule has 1 fully saturated rings. The number of amides is 1. The predicted octanol–water partition coefficient (Wildman–Crippen LogP) is 3.10. The van der Waals surface area contributed by atoms with Gasteiger partial charge in [-0.2, -0.15) is 18.3 Å². The average Bonchev–Trinajstić information content (AvgIpc) is 3.49. The Balaban J connectivity index is 1.25. The fourth-order valence-corrected chi connectivity index (χ4v) is 3.69. The van der Waals surface area contributed by atoms with Gasteiger partial charge in [-0.05, 0) is 24.3 Å². The van der Waals surface area contributed by atoms with E-state index >= 15 is 0 Å². The SMILES string of the molecule is O=C(OCC(=O)N1CCN(c2ncc(C(F)(F)F)cc2Cl)CC1)c1ccc(Cn2cccn2)o1. The third-order valence-electron chi connectivity index (χ3n) is 5.15. The summed E-state index contributed by atoms with van der Waals surface area (Å²) in [6.07, 6.45) is -0.430. The Hall–Kier alpha value is -3.54. The number of hydrogen-bond acceptors (Lipinski definition) is 7. The summed E-state index contributed by atoms with van der Waals surface area (Å²) < 4.78 is 50.5. The molecule has 3 aromatic rings. The lowest BCUT2D eigenvalue weighted by molar-refractivity contribution is -0.138. The van der Waals surface area contributed by atoms with Crippen LogP contribution in [0.2, 0.25) is 5.02 Å². The topological polar surface area (TPSA) is 93.7 Å². The van der Waals surface area contributed by atoms with Crippen molar-refractivity contribution in [3.63, 3.8) is 0 Å². The second-order valence-electron chi connectivity index (χ2n) is 7.44. The fraction of sp³-hybridized carbons (Fsp3) is 0.333. The number of nitrogens with zero attached hydrogens (tertiary/aromatic N) is 5. The van der Waals surface area contributed by atoms with Crippen molar-refractivity contribution in [1.29, 1.82) is 0 Å². The molecule has 0 radical (unpaired) electrons. The molecule has 13 heteroatoms. The van der Waals surface area contributed by atoms with Crippen LogP contribution in [0.1, 0.15) is 21.9 Å². The molecule has 3 aromatic heterocycles. The van der Waals surface area contributed by atoms with E-state index in [1.165, 1.54) is 11.0 Å². The molecule has 0 saturated carbocycles. The molecule has 0 atom stereocenters. The van der Waals surface area contributed by atoms with E-state index in [9.17, 15) is 22.8 Å². The van der Waals surface area contributed by atoms with E-state index in [1.807, 2.05) is 0 Å². The number of alkyl halides is 3. The van der Waals surface area contributed by atoms with Crippen LogP contribution in [0.4, 0.5) is 19.0 Å². The molecule has 1 amide bonds. The summed E-state index contributed by atoms with van der Waals surface area (Å²) in [6, 6.07) is 5.68. The Morgan fingerprint density at radius 2 is 1.94 bits per heavy atom. The molecule has 0 aromatic carbocycles. The van der Waals surface area contributed by atoms with Crippen molar-refractivity contribution in [2.75, 3.05) is 37.7 Å². The summed E-state index contributed by atoms with van der Waals surface area (Å²) in [5.74, 6) is -0.462. The second kappa shape index (κ2) is 9.75. The fourth-order valence-electron chi connectivity index (χ4n) is 3.40. The van der Waals surface area contributed by atoms with Gasteiger partial charge in [-0.25, -0.2) is 9.78 Å². The highest BCUT2D eigenvalue weighted by Gasteiger charge is 2.32. The number of pyridine rings is 1. The van der Waals surface area contributed by atoms with Gasteiger partial charge in [0.2, 0.25) is 5.76 Å². The Morgan fingerprint density at radius 1 is 1.18 bits per heavy atom. The smallest absolute Gasteiger partial charge is 0.417 e. The number of anilines is 1. The standard InChI is InChI=1S/C21H19ClF3N5O4/c22-16-10-14(21(23,24)25)11-26-19(16)29-8-6-28(7-9-29)18(31)13-33-20(32)17-3-2-15(34-17)12-30-5-1-4-27-30/h1-5,10-11H,6-9,12-13H2. The number of carbonyl (C=O) groups is 2. The highest BCUT2D eigenvalue weighted by molar-refractivity contribution is 6.33. The number of halogens is 4. The van der Waals surface area contributed by atoms with Gasteiger partial charge in [-0.15, -0.1) is 0 Å². The van der Waals surface area contributed by atoms with Crippen LogP contribution in [0.25, 0.3) is 0 Å². The van der Waals surface area contributed by atoms with Crippen molar-refractivity contribution >= 4 is 29.3 Å². The third kappa shape index (κ3) is 5.50. The number of hydrogen-bond donors (Lipinski definition) is 0. The number of carbonyl (C=O) groups excluding carboxylic acids is 2. The molecule has 1 saturated heterocycles. The molecule has 4 rings (SSSR count). The molecule has 1 aliphatic heterocycles. The van der Waals surface area contributed by atoms with E-state index in [4.69, 9.17) is 20.8 Å². The van der Waals surface area contributed by atoms with Crippen LogP contribution < -0.4 is 4.90 Å². The van der Waals surface area contributed by atoms with Crippen LogP contribution in [0, 0.1) is 0 Å². The van der Waals surface area contributed by atoms with Crippen LogP contribution in [0.3, 0.4) is 0 Å². The number of aromatic nitrogens is 3. The third-order valence-corrected chi connectivity index (χ3v) is 5.43. The molecular weight excluding hydrogens is 479 g/mol. The number of rotatable bonds is 6. The summed E-state index contributed by atoms with van der Waals surface area (Å²) >= 11 is 6.00. The van der Waals surface area contributed by atoms with Gasteiger partial charge in [0.25, 0.3) is 5.91 Å². The van der Waals surface area contributed by atoms with Gasteiger partial charge < -0.3 is 19.0 Å². The van der Waals surface area contributed by atoms with Crippen LogP contribution in [0.5, 0.6) is 0 Å². The van der Waals surface area contributed by atoms with E-state index in [0.717, 1.165) is 12.3 Å². The first-order valence-electron chi connectivity index (χ1n) is 10.2. The van der Waals surface area contributed by atoms with Crippen LogP contribution in [-0.4, -0.2) is 64.3 Å². The van der Waals surface area contributed by atoms with Gasteiger partial charge >= 0.3 is 12.1 Å². The minimum Gasteiger partial charge on any atom is -0.452 e. The predicted molar refractivity (Wildman–Crippen MR) is 113 cm³/mol. The van der Waals surface area contributed by atoms with Gasteiger partial charge in [0.05, 0.1) is 17.1 Å². The summed E-state index contributed by atoms with van der Waals surface area (Å²) in [5, 5.41) is 3.93. The quantitative estimate of drug-likeness (QED) is 0.483. The zero-order valence-corrected chi connectivity index (χ0v) is 18.4.